The Kier molecular flexibility index (Phi) is 7.12. The molecule has 0 radical (unpaired) electrons. The number of allylic oxidation sites excluding steroid dienone is 1. The highest BCUT2D eigenvalue weighted by Gasteiger charge is 2.32. The van der Waals surface area contributed by atoms with Crippen molar-refractivity contribution < 1.29 is 32.2 Å². The monoisotopic (exact) mass is 467 g/mol. The third-order valence-corrected chi connectivity index (χ3v) is 7.03. The second-order valence-electron chi connectivity index (χ2n) is 8.02. The molecule has 0 fully saturated rings. The number of carbonyl (C=O) groups is 1. The molecule has 1 atom stereocenters. The molecule has 8 heteroatoms. The summed E-state index contributed by atoms with van der Waals surface area (Å²) in [6.45, 7) is 6.95. The number of carbonyl (C=O) groups excluding carboxylic acids is 1. The van der Waals surface area contributed by atoms with Crippen LogP contribution in [-0.4, -0.2) is 24.7 Å². The molecular formula is C24H26F3O4S+. The molecule has 0 bridgehead atoms. The standard InChI is InChI=1S/C24H26F3O4S/c1-16-13-20(32-11-5-6-12-32)14-17(2)22(16)29-15-21(28)31-23(3,4)18-7-9-19(10-8-18)30-24(25,26)27/h5,7-11,13-14H,6,12,15H2,1-4H3/q+1. The Morgan fingerprint density at radius 2 is 1.69 bits per heavy atom. The molecule has 0 saturated carbocycles. The van der Waals surface area contributed by atoms with Crippen molar-refractivity contribution in [3.8, 4) is 11.5 Å². The van der Waals surface area contributed by atoms with Crippen molar-refractivity contribution >= 4 is 16.9 Å². The van der Waals surface area contributed by atoms with E-state index in [0.29, 0.717) is 11.3 Å². The predicted molar refractivity (Wildman–Crippen MR) is 118 cm³/mol. The topological polar surface area (TPSA) is 44.8 Å². The third-order valence-electron chi connectivity index (χ3n) is 4.99. The van der Waals surface area contributed by atoms with E-state index in [-0.39, 0.29) is 23.3 Å². The Morgan fingerprint density at radius 3 is 2.22 bits per heavy atom. The molecule has 0 saturated heterocycles. The lowest BCUT2D eigenvalue weighted by atomic mass is 9.98. The molecule has 3 rings (SSSR count). The van der Waals surface area contributed by atoms with E-state index in [9.17, 15) is 18.0 Å². The molecule has 0 aliphatic carbocycles. The summed E-state index contributed by atoms with van der Waals surface area (Å²) in [7, 11) is 0.127. The molecule has 0 aromatic heterocycles. The van der Waals surface area contributed by atoms with E-state index < -0.39 is 17.9 Å². The molecule has 1 heterocycles. The van der Waals surface area contributed by atoms with E-state index in [1.165, 1.54) is 29.2 Å². The smallest absolute Gasteiger partial charge is 0.481 e. The first-order chi connectivity index (χ1) is 14.9. The van der Waals surface area contributed by atoms with Gasteiger partial charge in [-0.15, -0.1) is 13.2 Å². The van der Waals surface area contributed by atoms with Crippen LogP contribution in [0, 0.1) is 13.8 Å². The Hall–Kier alpha value is -2.61. The zero-order valence-electron chi connectivity index (χ0n) is 18.4. The molecule has 2 aromatic rings. The molecule has 1 aliphatic heterocycles. The number of benzene rings is 2. The molecule has 0 spiro atoms. The van der Waals surface area contributed by atoms with E-state index >= 15 is 0 Å². The number of ether oxygens (including phenoxy) is 3. The van der Waals surface area contributed by atoms with Gasteiger partial charge in [0.15, 0.2) is 11.5 Å². The van der Waals surface area contributed by atoms with Gasteiger partial charge < -0.3 is 14.2 Å². The maximum atomic E-state index is 12.4. The van der Waals surface area contributed by atoms with Crippen LogP contribution in [-0.2, 0) is 26.0 Å². The predicted octanol–water partition coefficient (Wildman–Crippen LogP) is 5.95. The van der Waals surface area contributed by atoms with Gasteiger partial charge in [-0.25, -0.2) is 4.79 Å². The quantitative estimate of drug-likeness (QED) is 0.373. The SMILES string of the molecule is Cc1cc([S+]2C=CCC2)cc(C)c1OCC(=O)OC(C)(C)c1ccc(OC(F)(F)F)cc1. The van der Waals surface area contributed by atoms with Crippen molar-refractivity contribution in [2.75, 3.05) is 12.4 Å². The van der Waals surface area contributed by atoms with Crippen LogP contribution < -0.4 is 9.47 Å². The molecular weight excluding hydrogens is 441 g/mol. The summed E-state index contributed by atoms with van der Waals surface area (Å²) >= 11 is 0. The number of alkyl halides is 3. The fourth-order valence-electron chi connectivity index (χ4n) is 3.50. The van der Waals surface area contributed by atoms with E-state index in [1.807, 2.05) is 13.8 Å². The van der Waals surface area contributed by atoms with Gasteiger partial charge in [0, 0.05) is 18.6 Å². The van der Waals surface area contributed by atoms with Gasteiger partial charge in [0.2, 0.25) is 0 Å². The Labute approximate surface area is 188 Å². The number of hydrogen-bond acceptors (Lipinski definition) is 4. The van der Waals surface area contributed by atoms with Gasteiger partial charge in [-0.05, 0) is 62.6 Å². The summed E-state index contributed by atoms with van der Waals surface area (Å²) in [6, 6.07) is 9.43. The molecule has 2 aromatic carbocycles. The number of esters is 1. The van der Waals surface area contributed by atoms with Gasteiger partial charge >= 0.3 is 12.3 Å². The van der Waals surface area contributed by atoms with Crippen molar-refractivity contribution in [3.63, 3.8) is 0 Å². The van der Waals surface area contributed by atoms with E-state index in [1.54, 1.807) is 13.8 Å². The summed E-state index contributed by atoms with van der Waals surface area (Å²) < 4.78 is 52.1. The first-order valence-electron chi connectivity index (χ1n) is 10.1. The molecule has 1 aliphatic rings. The van der Waals surface area contributed by atoms with Crippen LogP contribution in [0.15, 0.2) is 52.8 Å². The minimum Gasteiger partial charge on any atom is -0.481 e. The van der Waals surface area contributed by atoms with Gasteiger partial charge in [-0.3, -0.25) is 0 Å². The molecule has 32 heavy (non-hydrogen) atoms. The summed E-state index contributed by atoms with van der Waals surface area (Å²) in [5.74, 6) is 0.872. The van der Waals surface area contributed by atoms with Crippen LogP contribution in [0.2, 0.25) is 0 Å². The first kappa shape index (κ1) is 24.0. The van der Waals surface area contributed by atoms with E-state index in [0.717, 1.165) is 23.3 Å². The average Bonchev–Trinajstić information content (AvgIpc) is 3.21. The highest BCUT2D eigenvalue weighted by atomic mass is 32.2. The minimum atomic E-state index is -4.76. The van der Waals surface area contributed by atoms with Crippen molar-refractivity contribution in [1.29, 1.82) is 0 Å². The number of halogens is 3. The molecule has 0 amide bonds. The first-order valence-corrected chi connectivity index (χ1v) is 11.6. The van der Waals surface area contributed by atoms with Gasteiger partial charge in [-0.1, -0.05) is 12.1 Å². The zero-order valence-corrected chi connectivity index (χ0v) is 19.2. The van der Waals surface area contributed by atoms with Crippen LogP contribution in [0.25, 0.3) is 0 Å². The number of rotatable bonds is 7. The lowest BCUT2D eigenvalue weighted by molar-refractivity contribution is -0.274. The summed E-state index contributed by atoms with van der Waals surface area (Å²) in [5.41, 5.74) is 1.39. The van der Waals surface area contributed by atoms with Gasteiger partial charge in [-0.2, -0.15) is 0 Å². The lowest BCUT2D eigenvalue weighted by Gasteiger charge is -2.26. The highest BCUT2D eigenvalue weighted by Crippen LogP contribution is 2.32. The normalized spacial score (nSPS) is 16.2. The summed E-state index contributed by atoms with van der Waals surface area (Å²) in [4.78, 5) is 13.7. The van der Waals surface area contributed by atoms with Crippen LogP contribution in [0.3, 0.4) is 0 Å². The molecule has 1 unspecified atom stereocenters. The van der Waals surface area contributed by atoms with Crippen LogP contribution in [0.4, 0.5) is 13.2 Å². The van der Waals surface area contributed by atoms with E-state index in [4.69, 9.17) is 9.47 Å². The van der Waals surface area contributed by atoms with Gasteiger partial charge in [0.25, 0.3) is 0 Å². The van der Waals surface area contributed by atoms with Crippen LogP contribution in [0.5, 0.6) is 11.5 Å². The maximum absolute atomic E-state index is 12.4. The molecule has 0 N–H and O–H groups in total. The largest absolute Gasteiger partial charge is 0.573 e. The van der Waals surface area contributed by atoms with Crippen molar-refractivity contribution in [3.05, 3.63) is 64.6 Å². The van der Waals surface area contributed by atoms with Crippen LogP contribution in [0.1, 0.15) is 37.0 Å². The third kappa shape index (κ3) is 6.22. The summed E-state index contributed by atoms with van der Waals surface area (Å²) in [6.07, 6.45) is -1.46. The molecule has 172 valence electrons. The maximum Gasteiger partial charge on any atom is 0.573 e. The highest BCUT2D eigenvalue weighted by molar-refractivity contribution is 7.99. The summed E-state index contributed by atoms with van der Waals surface area (Å²) in [5, 5.41) is 2.25. The average molecular weight is 468 g/mol. The lowest BCUT2D eigenvalue weighted by Crippen LogP contribution is -2.28. The fourth-order valence-corrected chi connectivity index (χ4v) is 5.44. The van der Waals surface area contributed by atoms with Gasteiger partial charge in [0.05, 0.1) is 10.9 Å². The zero-order chi connectivity index (χ0) is 23.5. The fraction of sp³-hybridized carbons (Fsp3) is 0.375. The number of aryl methyl sites for hydroxylation is 2. The molecule has 4 nitrogen and oxygen atoms in total. The second kappa shape index (κ2) is 9.48. The van der Waals surface area contributed by atoms with Crippen molar-refractivity contribution in [1.82, 2.24) is 0 Å². The van der Waals surface area contributed by atoms with Crippen LogP contribution >= 0.6 is 0 Å². The Balaban J connectivity index is 1.61. The Morgan fingerprint density at radius 1 is 1.06 bits per heavy atom. The van der Waals surface area contributed by atoms with E-state index in [2.05, 4.69) is 28.4 Å². The Bertz CT molecular complexity index is 974. The minimum absolute atomic E-state index is 0.127. The van der Waals surface area contributed by atoms with Crippen molar-refractivity contribution in [2.45, 2.75) is 51.0 Å². The van der Waals surface area contributed by atoms with Gasteiger partial charge in [0.1, 0.15) is 28.3 Å². The second-order valence-corrected chi connectivity index (χ2v) is 10.0. The number of hydrogen-bond donors (Lipinski definition) is 0. The van der Waals surface area contributed by atoms with Crippen molar-refractivity contribution in [2.24, 2.45) is 0 Å².